The molecule has 0 aromatic carbocycles. The van der Waals surface area contributed by atoms with Gasteiger partial charge >= 0.3 is 5.97 Å². The fourth-order valence-electron chi connectivity index (χ4n) is 3.94. The summed E-state index contributed by atoms with van der Waals surface area (Å²) in [6, 6.07) is -0.189. The topological polar surface area (TPSA) is 110 Å². The van der Waals surface area contributed by atoms with Gasteiger partial charge in [0.2, 0.25) is 11.8 Å². The number of aliphatic hydroxyl groups is 1. The summed E-state index contributed by atoms with van der Waals surface area (Å²) in [5.74, 6) is -1.26. The Morgan fingerprint density at radius 3 is 2.24 bits per heavy atom. The van der Waals surface area contributed by atoms with Crippen molar-refractivity contribution in [1.82, 2.24) is 15.1 Å². The molecule has 2 amide bonds. The number of nitrogens with zero attached hydrogens (tertiary/aromatic N) is 2. The molecule has 3 rings (SSSR count). The van der Waals surface area contributed by atoms with Crippen molar-refractivity contribution in [3.05, 3.63) is 10.6 Å². The lowest BCUT2D eigenvalue weighted by atomic mass is 9.79. The van der Waals surface area contributed by atoms with Crippen LogP contribution in [0.5, 0.6) is 0 Å². The Bertz CT molecular complexity index is 703. The summed E-state index contributed by atoms with van der Waals surface area (Å²) in [6.45, 7) is 6.50. The second kappa shape index (κ2) is 10.1. The van der Waals surface area contributed by atoms with Gasteiger partial charge in [0.1, 0.15) is 5.70 Å². The molecule has 0 bridgehead atoms. The number of hydrogen-bond donors (Lipinski definition) is 4. The van der Waals surface area contributed by atoms with E-state index in [4.69, 9.17) is 5.11 Å². The predicted molar refractivity (Wildman–Crippen MR) is 113 cm³/mol. The van der Waals surface area contributed by atoms with Gasteiger partial charge in [-0.25, -0.2) is 4.79 Å². The molecule has 1 unspecified atom stereocenters. The molecule has 0 radical (unpaired) electrons. The standard InChI is InChI=1S/C10H13NO4S.C8H16N2O.C2H2/c1-3-6-5(4(2)12)9(13)11(6)7(8(3)16)10(14)15;1-6-4-7(9-5-6)8(11)10(2)3;1-2/h3-6,12,16H,1-2H3,(H,14,15);6-7,9H,4-5H2,1-3H3;1-2H/t3-,4-,5-,6?;6-,7-;/m10./s1. The Labute approximate surface area is 177 Å². The average Bonchev–Trinajstić information content (AvgIpc) is 3.17. The minimum absolute atomic E-state index is 0.0391. The number of carbonyl (C=O) groups excluding carboxylic acids is 2. The number of aliphatic hydroxyl groups excluding tert-OH is 1. The number of aliphatic carboxylic acids is 1. The first-order chi connectivity index (χ1) is 13.5. The summed E-state index contributed by atoms with van der Waals surface area (Å²) in [6.07, 6.45) is 8.22. The number of amides is 2. The number of fused-ring (bicyclic) bond motifs is 1. The smallest absolute Gasteiger partial charge is 0.353 e. The number of rotatable bonds is 3. The number of β-lactam (4-membered cyclic amide) rings is 1. The van der Waals surface area contributed by atoms with E-state index < -0.39 is 18.0 Å². The van der Waals surface area contributed by atoms with Crippen LogP contribution in [0.1, 0.15) is 27.2 Å². The number of hydrogen-bond acceptors (Lipinski definition) is 6. The number of likely N-dealkylation sites (N-methyl/N-ethyl adjacent to an activating group) is 1. The summed E-state index contributed by atoms with van der Waals surface area (Å²) < 4.78 is 0. The molecule has 3 aliphatic rings. The summed E-state index contributed by atoms with van der Waals surface area (Å²) in [5.41, 5.74) is -0.0391. The van der Waals surface area contributed by atoms with Crippen molar-refractivity contribution in [1.29, 1.82) is 0 Å². The quantitative estimate of drug-likeness (QED) is 0.296. The highest BCUT2D eigenvalue weighted by Gasteiger charge is 2.59. The normalized spacial score (nSPS) is 30.9. The number of thiol groups is 1. The van der Waals surface area contributed by atoms with Gasteiger partial charge in [-0.1, -0.05) is 13.8 Å². The second-order valence-corrected chi connectivity index (χ2v) is 8.31. The van der Waals surface area contributed by atoms with Gasteiger partial charge in [-0.05, 0) is 25.8 Å². The van der Waals surface area contributed by atoms with Gasteiger partial charge in [0.15, 0.2) is 0 Å². The third kappa shape index (κ3) is 4.94. The Kier molecular flexibility index (Phi) is 8.75. The molecule has 0 aliphatic carbocycles. The van der Waals surface area contributed by atoms with E-state index in [1.165, 1.54) is 4.90 Å². The Hall–Kier alpha value is -2.02. The minimum atomic E-state index is -1.14. The zero-order valence-electron chi connectivity index (χ0n) is 17.5. The van der Waals surface area contributed by atoms with Gasteiger partial charge in [-0.15, -0.1) is 25.5 Å². The van der Waals surface area contributed by atoms with Crippen LogP contribution in [0.15, 0.2) is 10.6 Å². The van der Waals surface area contributed by atoms with Crippen LogP contribution in [-0.4, -0.2) is 76.6 Å². The van der Waals surface area contributed by atoms with E-state index in [1.54, 1.807) is 25.9 Å². The third-order valence-electron chi connectivity index (χ3n) is 5.43. The molecule has 0 saturated carbocycles. The van der Waals surface area contributed by atoms with E-state index in [2.05, 4.69) is 37.7 Å². The monoisotopic (exact) mass is 425 g/mol. The molecule has 2 saturated heterocycles. The molecule has 162 valence electrons. The van der Waals surface area contributed by atoms with Crippen LogP contribution in [0.4, 0.5) is 0 Å². The molecule has 8 nitrogen and oxygen atoms in total. The summed E-state index contributed by atoms with van der Waals surface area (Å²) >= 11 is 4.15. The maximum atomic E-state index is 11.7. The first-order valence-corrected chi connectivity index (χ1v) is 9.89. The molecule has 9 heteroatoms. The van der Waals surface area contributed by atoms with Crippen LogP contribution in [0, 0.1) is 30.6 Å². The second-order valence-electron chi connectivity index (χ2n) is 7.83. The Morgan fingerprint density at radius 1 is 1.31 bits per heavy atom. The number of terminal acetylenes is 1. The molecule has 2 fully saturated rings. The van der Waals surface area contributed by atoms with Gasteiger partial charge in [-0.3, -0.25) is 9.59 Å². The molecule has 0 spiro atoms. The molecule has 3 N–H and O–H groups in total. The molecule has 3 heterocycles. The number of carbonyl (C=O) groups is 3. The average molecular weight is 426 g/mol. The Balaban J connectivity index is 0.000000284. The van der Waals surface area contributed by atoms with Crippen molar-refractivity contribution in [3.8, 4) is 12.8 Å². The molecular formula is C20H31N3O5S. The fourth-order valence-corrected chi connectivity index (χ4v) is 4.30. The van der Waals surface area contributed by atoms with Crippen molar-refractivity contribution >= 4 is 30.4 Å². The van der Waals surface area contributed by atoms with E-state index in [-0.39, 0.29) is 35.5 Å². The van der Waals surface area contributed by atoms with Crippen LogP contribution >= 0.6 is 12.6 Å². The number of carboxylic acids is 1. The van der Waals surface area contributed by atoms with E-state index in [0.717, 1.165) is 13.0 Å². The minimum Gasteiger partial charge on any atom is -0.477 e. The lowest BCUT2D eigenvalue weighted by Gasteiger charge is -2.46. The predicted octanol–water partition coefficient (Wildman–Crippen LogP) is 0.392. The highest BCUT2D eigenvalue weighted by molar-refractivity contribution is 7.84. The zero-order chi connectivity index (χ0) is 22.6. The zero-order valence-corrected chi connectivity index (χ0v) is 18.4. The van der Waals surface area contributed by atoms with Crippen LogP contribution < -0.4 is 5.32 Å². The van der Waals surface area contributed by atoms with E-state index in [9.17, 15) is 19.5 Å². The van der Waals surface area contributed by atoms with Crippen LogP contribution in [0.3, 0.4) is 0 Å². The van der Waals surface area contributed by atoms with E-state index in [0.29, 0.717) is 10.8 Å². The SMILES string of the molecule is C#C.C[C@@H]1CN[C@H](C(=O)N(C)C)C1.C[C@H]1C(S)=C(C(=O)O)N2C(=O)[C@H]([C@@H](C)O)C12. The van der Waals surface area contributed by atoms with Gasteiger partial charge in [0.25, 0.3) is 0 Å². The first-order valence-electron chi connectivity index (χ1n) is 9.44. The van der Waals surface area contributed by atoms with Gasteiger partial charge < -0.3 is 25.3 Å². The van der Waals surface area contributed by atoms with Gasteiger partial charge in [-0.2, -0.15) is 0 Å². The number of nitrogens with one attached hydrogen (secondary N) is 1. The summed E-state index contributed by atoms with van der Waals surface area (Å²) in [7, 11) is 3.60. The maximum absolute atomic E-state index is 11.7. The summed E-state index contributed by atoms with van der Waals surface area (Å²) in [5, 5.41) is 21.7. The molecule has 0 aromatic heterocycles. The van der Waals surface area contributed by atoms with Crippen LogP contribution in [-0.2, 0) is 14.4 Å². The highest BCUT2D eigenvalue weighted by Crippen LogP contribution is 2.47. The van der Waals surface area contributed by atoms with Crippen LogP contribution in [0.25, 0.3) is 0 Å². The molecular weight excluding hydrogens is 394 g/mol. The maximum Gasteiger partial charge on any atom is 0.353 e. The fraction of sp³-hybridized carbons (Fsp3) is 0.650. The van der Waals surface area contributed by atoms with Crippen molar-refractivity contribution < 1.29 is 24.6 Å². The van der Waals surface area contributed by atoms with Crippen LogP contribution in [0.2, 0.25) is 0 Å². The van der Waals surface area contributed by atoms with Crippen molar-refractivity contribution in [2.24, 2.45) is 17.8 Å². The lowest BCUT2D eigenvalue weighted by Crippen LogP contribution is -2.63. The van der Waals surface area contributed by atoms with Crippen molar-refractivity contribution in [2.75, 3.05) is 20.6 Å². The van der Waals surface area contributed by atoms with E-state index >= 15 is 0 Å². The summed E-state index contributed by atoms with van der Waals surface area (Å²) in [4.78, 5) is 37.4. The van der Waals surface area contributed by atoms with Crippen molar-refractivity contribution in [3.63, 3.8) is 0 Å². The van der Waals surface area contributed by atoms with E-state index in [1.807, 2.05) is 6.92 Å². The van der Waals surface area contributed by atoms with Gasteiger partial charge in [0.05, 0.1) is 24.1 Å². The molecule has 3 aliphatic heterocycles. The first kappa shape index (κ1) is 25.0. The highest BCUT2D eigenvalue weighted by atomic mass is 32.1. The molecule has 29 heavy (non-hydrogen) atoms. The largest absolute Gasteiger partial charge is 0.477 e. The molecule has 6 atom stereocenters. The third-order valence-corrected chi connectivity index (χ3v) is 6.05. The Morgan fingerprint density at radius 2 is 1.86 bits per heavy atom. The number of carboxylic acid groups (broad SMARTS) is 1. The molecule has 0 aromatic rings. The van der Waals surface area contributed by atoms with Crippen molar-refractivity contribution in [2.45, 2.75) is 45.4 Å². The lowest BCUT2D eigenvalue weighted by molar-refractivity contribution is -0.163. The van der Waals surface area contributed by atoms with Gasteiger partial charge in [0, 0.05) is 24.9 Å².